The molecule has 0 amide bonds. The molecule has 0 fully saturated rings. The summed E-state index contributed by atoms with van der Waals surface area (Å²) in [5.41, 5.74) is 0. The van der Waals surface area contributed by atoms with Crippen LogP contribution in [-0.2, 0) is 9.53 Å². The van der Waals surface area contributed by atoms with E-state index in [1.165, 1.54) is 0 Å². The maximum atomic E-state index is 10.4. The summed E-state index contributed by atoms with van der Waals surface area (Å²) in [4.78, 5) is 10.4. The summed E-state index contributed by atoms with van der Waals surface area (Å²) in [5.74, 6) is 3.93. The van der Waals surface area contributed by atoms with Crippen LogP contribution in [0, 0.1) is 11.8 Å². The van der Waals surface area contributed by atoms with Crippen LogP contribution in [0.1, 0.15) is 20.3 Å². The van der Waals surface area contributed by atoms with E-state index in [1.54, 1.807) is 6.92 Å². The van der Waals surface area contributed by atoms with Crippen LogP contribution in [0.4, 0.5) is 0 Å². The molecule has 0 bridgehead atoms. The number of hydrogen-bond donors (Lipinski definition) is 1. The Balaban J connectivity index is 3.86. The SMILES string of the molecule is CC#CC(OCCC)C(=O)O. The first-order valence-electron chi connectivity index (χ1n) is 3.49. The smallest absolute Gasteiger partial charge is 0.345 e. The van der Waals surface area contributed by atoms with Crippen molar-refractivity contribution in [3.8, 4) is 11.8 Å². The molecule has 0 aromatic rings. The number of aliphatic carboxylic acids is 1. The molecular formula is C8H12O3. The predicted octanol–water partition coefficient (Wildman–Crippen LogP) is 0.889. The molecule has 0 radical (unpaired) electrons. The van der Waals surface area contributed by atoms with Crippen molar-refractivity contribution in [2.75, 3.05) is 6.61 Å². The number of hydrogen-bond acceptors (Lipinski definition) is 2. The summed E-state index contributed by atoms with van der Waals surface area (Å²) in [6.45, 7) is 3.94. The van der Waals surface area contributed by atoms with Gasteiger partial charge in [0.1, 0.15) is 0 Å². The molecule has 0 aromatic carbocycles. The number of carboxylic acids is 1. The second-order valence-electron chi connectivity index (χ2n) is 1.98. The molecule has 1 N–H and O–H groups in total. The highest BCUT2D eigenvalue weighted by molar-refractivity contribution is 5.76. The Morgan fingerprint density at radius 1 is 1.73 bits per heavy atom. The van der Waals surface area contributed by atoms with Crippen molar-refractivity contribution in [2.24, 2.45) is 0 Å². The maximum Gasteiger partial charge on any atom is 0.345 e. The van der Waals surface area contributed by atoms with Gasteiger partial charge < -0.3 is 9.84 Å². The zero-order valence-corrected chi connectivity index (χ0v) is 6.76. The molecule has 1 atom stereocenters. The van der Waals surface area contributed by atoms with E-state index < -0.39 is 12.1 Å². The van der Waals surface area contributed by atoms with Gasteiger partial charge in [-0.15, -0.1) is 5.92 Å². The van der Waals surface area contributed by atoms with Crippen molar-refractivity contribution in [3.63, 3.8) is 0 Å². The fraction of sp³-hybridized carbons (Fsp3) is 0.625. The number of ether oxygens (including phenoxy) is 1. The van der Waals surface area contributed by atoms with E-state index >= 15 is 0 Å². The van der Waals surface area contributed by atoms with Crippen LogP contribution >= 0.6 is 0 Å². The van der Waals surface area contributed by atoms with E-state index in [2.05, 4.69) is 11.8 Å². The van der Waals surface area contributed by atoms with Crippen LogP contribution in [0.5, 0.6) is 0 Å². The minimum atomic E-state index is -1.02. The van der Waals surface area contributed by atoms with Crippen LogP contribution in [0.2, 0.25) is 0 Å². The van der Waals surface area contributed by atoms with Crippen LogP contribution in [0.15, 0.2) is 0 Å². The van der Waals surface area contributed by atoms with Crippen LogP contribution < -0.4 is 0 Å². The van der Waals surface area contributed by atoms with Crippen LogP contribution in [0.3, 0.4) is 0 Å². The van der Waals surface area contributed by atoms with E-state index in [-0.39, 0.29) is 0 Å². The van der Waals surface area contributed by atoms with E-state index in [4.69, 9.17) is 9.84 Å². The highest BCUT2D eigenvalue weighted by atomic mass is 16.5. The van der Waals surface area contributed by atoms with Crippen LogP contribution in [0.25, 0.3) is 0 Å². The molecule has 11 heavy (non-hydrogen) atoms. The van der Waals surface area contributed by atoms with Gasteiger partial charge in [-0.2, -0.15) is 0 Å². The lowest BCUT2D eigenvalue weighted by atomic mass is 10.3. The predicted molar refractivity (Wildman–Crippen MR) is 41.1 cm³/mol. The summed E-state index contributed by atoms with van der Waals surface area (Å²) in [6, 6.07) is 0. The van der Waals surface area contributed by atoms with Gasteiger partial charge >= 0.3 is 5.97 Å². The Labute approximate surface area is 66.4 Å². The third kappa shape index (κ3) is 4.40. The first-order chi connectivity index (χ1) is 5.22. The zero-order chi connectivity index (χ0) is 8.69. The van der Waals surface area contributed by atoms with Gasteiger partial charge in [-0.25, -0.2) is 4.79 Å². The summed E-state index contributed by atoms with van der Waals surface area (Å²) in [5, 5.41) is 8.50. The average Bonchev–Trinajstić information content (AvgIpc) is 1.97. The van der Waals surface area contributed by atoms with Gasteiger partial charge in [0.05, 0.1) is 0 Å². The first-order valence-corrected chi connectivity index (χ1v) is 3.49. The number of carbonyl (C=O) groups is 1. The fourth-order valence-corrected chi connectivity index (χ4v) is 0.541. The Bertz CT molecular complexity index is 176. The molecule has 0 rings (SSSR count). The molecule has 0 aliphatic rings. The van der Waals surface area contributed by atoms with Gasteiger partial charge in [-0.1, -0.05) is 12.8 Å². The van der Waals surface area contributed by atoms with Gasteiger partial charge in [-0.05, 0) is 13.3 Å². The second-order valence-corrected chi connectivity index (χ2v) is 1.98. The van der Waals surface area contributed by atoms with E-state index in [9.17, 15) is 4.79 Å². The summed E-state index contributed by atoms with van der Waals surface area (Å²) < 4.78 is 4.92. The van der Waals surface area contributed by atoms with Crippen molar-refractivity contribution in [2.45, 2.75) is 26.4 Å². The Morgan fingerprint density at radius 3 is 2.73 bits per heavy atom. The number of rotatable bonds is 4. The topological polar surface area (TPSA) is 46.5 Å². The molecule has 1 unspecified atom stereocenters. The van der Waals surface area contributed by atoms with Gasteiger partial charge in [0.25, 0.3) is 0 Å². The monoisotopic (exact) mass is 156 g/mol. The van der Waals surface area contributed by atoms with E-state index in [1.807, 2.05) is 6.92 Å². The largest absolute Gasteiger partial charge is 0.479 e. The molecule has 0 heterocycles. The quantitative estimate of drug-likeness (QED) is 0.615. The highest BCUT2D eigenvalue weighted by Crippen LogP contribution is 1.91. The molecule has 3 nitrogen and oxygen atoms in total. The number of carboxylic acid groups (broad SMARTS) is 1. The Kier molecular flexibility index (Phi) is 5.22. The minimum absolute atomic E-state index is 0.436. The molecule has 0 saturated carbocycles. The zero-order valence-electron chi connectivity index (χ0n) is 6.76. The molecule has 3 heteroatoms. The van der Waals surface area contributed by atoms with Crippen molar-refractivity contribution < 1.29 is 14.6 Å². The third-order valence-electron chi connectivity index (χ3n) is 0.988. The molecule has 0 aliphatic carbocycles. The summed E-state index contributed by atoms with van der Waals surface area (Å²) in [7, 11) is 0. The van der Waals surface area contributed by atoms with Crippen molar-refractivity contribution in [3.05, 3.63) is 0 Å². The third-order valence-corrected chi connectivity index (χ3v) is 0.988. The van der Waals surface area contributed by atoms with Crippen LogP contribution in [-0.4, -0.2) is 23.8 Å². The second kappa shape index (κ2) is 5.75. The normalized spacial score (nSPS) is 11.5. The standard InChI is InChI=1S/C8H12O3/c1-3-5-7(8(9)10)11-6-4-2/h7H,4,6H2,1-2H3,(H,9,10). The van der Waals surface area contributed by atoms with E-state index in [0.29, 0.717) is 6.61 Å². The maximum absolute atomic E-state index is 10.4. The van der Waals surface area contributed by atoms with E-state index in [0.717, 1.165) is 6.42 Å². The lowest BCUT2D eigenvalue weighted by Crippen LogP contribution is -2.22. The molecule has 62 valence electrons. The Morgan fingerprint density at radius 2 is 2.36 bits per heavy atom. The summed E-state index contributed by atoms with van der Waals surface area (Å²) in [6.07, 6.45) is -0.158. The van der Waals surface area contributed by atoms with Crippen molar-refractivity contribution in [1.29, 1.82) is 0 Å². The molecule has 0 aliphatic heterocycles. The van der Waals surface area contributed by atoms with Gasteiger partial charge in [0.15, 0.2) is 0 Å². The first kappa shape index (κ1) is 9.99. The Hall–Kier alpha value is -1.01. The van der Waals surface area contributed by atoms with Gasteiger partial charge in [-0.3, -0.25) is 0 Å². The highest BCUT2D eigenvalue weighted by Gasteiger charge is 2.12. The molecule has 0 aromatic heterocycles. The lowest BCUT2D eigenvalue weighted by Gasteiger charge is -2.04. The van der Waals surface area contributed by atoms with Crippen molar-refractivity contribution in [1.82, 2.24) is 0 Å². The molecule has 0 saturated heterocycles. The minimum Gasteiger partial charge on any atom is -0.479 e. The fourth-order valence-electron chi connectivity index (χ4n) is 0.541. The average molecular weight is 156 g/mol. The molecule has 0 spiro atoms. The molecular weight excluding hydrogens is 144 g/mol. The van der Waals surface area contributed by atoms with Crippen molar-refractivity contribution >= 4 is 5.97 Å². The lowest BCUT2D eigenvalue weighted by molar-refractivity contribution is -0.146. The van der Waals surface area contributed by atoms with Gasteiger partial charge in [0.2, 0.25) is 6.10 Å². The summed E-state index contributed by atoms with van der Waals surface area (Å²) >= 11 is 0. The van der Waals surface area contributed by atoms with Gasteiger partial charge in [0, 0.05) is 6.61 Å².